The second-order valence-corrected chi connectivity index (χ2v) is 5.23. The number of amides is 1. The van der Waals surface area contributed by atoms with Gasteiger partial charge in [-0.15, -0.1) is 0 Å². The molecule has 0 saturated heterocycles. The molecule has 0 aliphatic rings. The van der Waals surface area contributed by atoms with Gasteiger partial charge in [-0.2, -0.15) is 5.10 Å². The Morgan fingerprint density at radius 1 is 1.04 bits per heavy atom. The van der Waals surface area contributed by atoms with Gasteiger partial charge in [0.25, 0.3) is 5.91 Å². The van der Waals surface area contributed by atoms with Crippen LogP contribution in [0.15, 0.2) is 53.6 Å². The molecule has 1 amide bonds. The number of nitrogens with zero attached hydrogens (tertiary/aromatic N) is 1. The van der Waals surface area contributed by atoms with E-state index in [4.69, 9.17) is 9.47 Å². The fourth-order valence-electron chi connectivity index (χ4n) is 2.27. The molecule has 0 fully saturated rings. The highest BCUT2D eigenvalue weighted by Crippen LogP contribution is 2.22. The van der Waals surface area contributed by atoms with Crippen LogP contribution in [0, 0.1) is 0 Å². The van der Waals surface area contributed by atoms with E-state index in [0.717, 1.165) is 22.7 Å². The van der Waals surface area contributed by atoms with Crippen LogP contribution in [-0.2, 0) is 4.79 Å². The lowest BCUT2D eigenvalue weighted by atomic mass is 10.1. The first-order valence-electron chi connectivity index (χ1n) is 8.04. The van der Waals surface area contributed by atoms with Crippen molar-refractivity contribution in [1.82, 2.24) is 5.43 Å². The average Bonchev–Trinajstić information content (AvgIpc) is 2.67. The lowest BCUT2D eigenvalue weighted by Gasteiger charge is -2.10. The number of carbonyl (C=O) groups excluding carboxylic acids is 1. The standard InChI is InChI=1S/C19H23N3O3/c1-4-16(14-9-11-15(24-2)12-10-14)21-22-19(23)13-20-17-7-5-6-8-18(17)25-3/h5-12,20H,4,13H2,1-3H3,(H,22,23)/b21-16-. The van der Waals surface area contributed by atoms with Gasteiger partial charge in [0.1, 0.15) is 11.5 Å². The number of hydrogen-bond donors (Lipinski definition) is 2. The van der Waals surface area contributed by atoms with Crippen LogP contribution >= 0.6 is 0 Å². The van der Waals surface area contributed by atoms with Crippen LogP contribution in [0.4, 0.5) is 5.69 Å². The molecule has 0 bridgehead atoms. The lowest BCUT2D eigenvalue weighted by Crippen LogP contribution is -2.27. The summed E-state index contributed by atoms with van der Waals surface area (Å²) in [6.07, 6.45) is 0.701. The molecule has 25 heavy (non-hydrogen) atoms. The van der Waals surface area contributed by atoms with Gasteiger partial charge >= 0.3 is 0 Å². The summed E-state index contributed by atoms with van der Waals surface area (Å²) in [5.74, 6) is 1.24. The van der Waals surface area contributed by atoms with Gasteiger partial charge in [-0.25, -0.2) is 5.43 Å². The fourth-order valence-corrected chi connectivity index (χ4v) is 2.27. The number of hydrazone groups is 1. The Morgan fingerprint density at radius 3 is 2.40 bits per heavy atom. The summed E-state index contributed by atoms with van der Waals surface area (Å²) in [4.78, 5) is 12.0. The molecule has 0 radical (unpaired) electrons. The smallest absolute Gasteiger partial charge is 0.259 e. The van der Waals surface area contributed by atoms with Crippen LogP contribution in [0.3, 0.4) is 0 Å². The van der Waals surface area contributed by atoms with Crippen molar-refractivity contribution in [3.63, 3.8) is 0 Å². The average molecular weight is 341 g/mol. The van der Waals surface area contributed by atoms with Crippen molar-refractivity contribution >= 4 is 17.3 Å². The van der Waals surface area contributed by atoms with Gasteiger partial charge in [0.15, 0.2) is 0 Å². The monoisotopic (exact) mass is 341 g/mol. The van der Waals surface area contributed by atoms with Crippen LogP contribution in [0.1, 0.15) is 18.9 Å². The zero-order valence-corrected chi connectivity index (χ0v) is 14.7. The summed E-state index contributed by atoms with van der Waals surface area (Å²) >= 11 is 0. The van der Waals surface area contributed by atoms with Crippen LogP contribution < -0.4 is 20.2 Å². The number of hydrogen-bond acceptors (Lipinski definition) is 5. The van der Waals surface area contributed by atoms with Gasteiger partial charge in [-0.3, -0.25) is 4.79 Å². The van der Waals surface area contributed by atoms with Gasteiger partial charge in [-0.05, 0) is 48.4 Å². The normalized spacial score (nSPS) is 10.9. The molecule has 0 aromatic heterocycles. The molecular weight excluding hydrogens is 318 g/mol. The Balaban J connectivity index is 1.95. The Labute approximate surface area is 147 Å². The van der Waals surface area contributed by atoms with Gasteiger partial charge < -0.3 is 14.8 Å². The number of methoxy groups -OCH3 is 2. The van der Waals surface area contributed by atoms with E-state index < -0.39 is 0 Å². The minimum Gasteiger partial charge on any atom is -0.497 e. The quantitative estimate of drug-likeness (QED) is 0.572. The van der Waals surface area contributed by atoms with Crippen molar-refractivity contribution in [3.05, 3.63) is 54.1 Å². The zero-order chi connectivity index (χ0) is 18.1. The molecule has 0 saturated carbocycles. The Morgan fingerprint density at radius 2 is 1.76 bits per heavy atom. The maximum absolute atomic E-state index is 12.0. The van der Waals surface area contributed by atoms with E-state index in [1.807, 2.05) is 55.5 Å². The van der Waals surface area contributed by atoms with E-state index in [1.54, 1.807) is 14.2 Å². The molecule has 132 valence electrons. The van der Waals surface area contributed by atoms with E-state index in [9.17, 15) is 4.79 Å². The first-order chi connectivity index (χ1) is 12.2. The molecule has 2 aromatic carbocycles. The van der Waals surface area contributed by atoms with Gasteiger partial charge in [-0.1, -0.05) is 19.1 Å². The van der Waals surface area contributed by atoms with Crippen molar-refractivity contribution in [2.75, 3.05) is 26.1 Å². The third-order valence-electron chi connectivity index (χ3n) is 3.62. The molecule has 6 nitrogen and oxygen atoms in total. The summed E-state index contributed by atoms with van der Waals surface area (Å²) in [6.45, 7) is 2.09. The summed E-state index contributed by atoms with van der Waals surface area (Å²) in [5, 5.41) is 7.27. The Hall–Kier alpha value is -3.02. The Bertz CT molecular complexity index is 727. The highest BCUT2D eigenvalue weighted by Gasteiger charge is 2.06. The van der Waals surface area contributed by atoms with Crippen molar-refractivity contribution in [2.45, 2.75) is 13.3 Å². The second-order valence-electron chi connectivity index (χ2n) is 5.23. The van der Waals surface area contributed by atoms with Crippen molar-refractivity contribution in [2.24, 2.45) is 5.10 Å². The number of rotatable bonds is 8. The van der Waals surface area contributed by atoms with E-state index in [-0.39, 0.29) is 12.5 Å². The lowest BCUT2D eigenvalue weighted by molar-refractivity contribution is -0.119. The third-order valence-corrected chi connectivity index (χ3v) is 3.62. The topological polar surface area (TPSA) is 72.0 Å². The molecule has 0 unspecified atom stereocenters. The molecular formula is C19H23N3O3. The molecule has 2 N–H and O–H groups in total. The minimum atomic E-state index is -0.231. The molecule has 0 heterocycles. The maximum Gasteiger partial charge on any atom is 0.259 e. The van der Waals surface area contributed by atoms with Crippen LogP contribution in [-0.4, -0.2) is 32.4 Å². The Kier molecular flexibility index (Phi) is 6.83. The van der Waals surface area contributed by atoms with Crippen molar-refractivity contribution in [3.8, 4) is 11.5 Å². The predicted molar refractivity (Wildman–Crippen MR) is 99.4 cm³/mol. The zero-order valence-electron chi connectivity index (χ0n) is 14.7. The van der Waals surface area contributed by atoms with Crippen molar-refractivity contribution in [1.29, 1.82) is 0 Å². The summed E-state index contributed by atoms with van der Waals surface area (Å²) in [6, 6.07) is 15.0. The third kappa shape index (κ3) is 5.24. The summed E-state index contributed by atoms with van der Waals surface area (Å²) in [5.41, 5.74) is 5.09. The number of ether oxygens (including phenoxy) is 2. The number of para-hydroxylation sites is 2. The first kappa shape index (κ1) is 18.3. The van der Waals surface area contributed by atoms with E-state index in [1.165, 1.54) is 0 Å². The van der Waals surface area contributed by atoms with E-state index >= 15 is 0 Å². The number of carbonyl (C=O) groups is 1. The maximum atomic E-state index is 12.0. The summed E-state index contributed by atoms with van der Waals surface area (Å²) < 4.78 is 10.4. The molecule has 0 atom stereocenters. The molecule has 0 aliphatic heterocycles. The van der Waals surface area contributed by atoms with E-state index in [2.05, 4.69) is 15.8 Å². The highest BCUT2D eigenvalue weighted by atomic mass is 16.5. The molecule has 2 aromatic rings. The highest BCUT2D eigenvalue weighted by molar-refractivity contribution is 6.01. The van der Waals surface area contributed by atoms with E-state index in [0.29, 0.717) is 12.2 Å². The summed E-state index contributed by atoms with van der Waals surface area (Å²) in [7, 11) is 3.21. The van der Waals surface area contributed by atoms with Gasteiger partial charge in [0.05, 0.1) is 32.2 Å². The minimum absolute atomic E-state index is 0.101. The molecule has 0 spiro atoms. The second kappa shape index (κ2) is 9.32. The first-order valence-corrected chi connectivity index (χ1v) is 8.04. The van der Waals surface area contributed by atoms with Gasteiger partial charge in [0.2, 0.25) is 0 Å². The number of benzene rings is 2. The van der Waals surface area contributed by atoms with Crippen LogP contribution in [0.25, 0.3) is 0 Å². The molecule has 6 heteroatoms. The fraction of sp³-hybridized carbons (Fsp3) is 0.263. The van der Waals surface area contributed by atoms with Crippen molar-refractivity contribution < 1.29 is 14.3 Å². The number of anilines is 1. The SMILES string of the molecule is CC/C(=N/NC(=O)CNc1ccccc1OC)c1ccc(OC)cc1. The van der Waals surface area contributed by atoms with Crippen LogP contribution in [0.2, 0.25) is 0 Å². The number of nitrogens with one attached hydrogen (secondary N) is 2. The molecule has 0 aliphatic carbocycles. The van der Waals surface area contributed by atoms with Gasteiger partial charge in [0, 0.05) is 0 Å². The molecule has 2 rings (SSSR count). The predicted octanol–water partition coefficient (Wildman–Crippen LogP) is 3.05. The van der Waals surface area contributed by atoms with Crippen LogP contribution in [0.5, 0.6) is 11.5 Å². The largest absolute Gasteiger partial charge is 0.497 e.